The van der Waals surface area contributed by atoms with Crippen molar-refractivity contribution in [2.24, 2.45) is 0 Å². The lowest BCUT2D eigenvalue weighted by Crippen LogP contribution is -2.07. The number of esters is 1. The first kappa shape index (κ1) is 15.5. The minimum absolute atomic E-state index is 0.308. The summed E-state index contributed by atoms with van der Waals surface area (Å²) < 4.78 is 5.09. The van der Waals surface area contributed by atoms with Gasteiger partial charge in [-0.15, -0.1) is 0 Å². The van der Waals surface area contributed by atoms with Crippen LogP contribution in [0, 0.1) is 11.3 Å². The van der Waals surface area contributed by atoms with E-state index in [1.165, 1.54) is 6.20 Å². The van der Waals surface area contributed by atoms with Crippen molar-refractivity contribution in [1.29, 1.82) is 5.26 Å². The van der Waals surface area contributed by atoms with Gasteiger partial charge in [0.05, 0.1) is 23.4 Å². The van der Waals surface area contributed by atoms with Gasteiger partial charge >= 0.3 is 5.97 Å². The first-order valence-electron chi connectivity index (χ1n) is 7.55. The van der Waals surface area contributed by atoms with Gasteiger partial charge in [0.15, 0.2) is 0 Å². The van der Waals surface area contributed by atoms with E-state index in [-0.39, 0.29) is 0 Å². The number of nitrogens with one attached hydrogen (secondary N) is 1. The highest BCUT2D eigenvalue weighted by Crippen LogP contribution is 2.28. The third-order valence-corrected chi connectivity index (χ3v) is 3.59. The normalized spacial score (nSPS) is 10.2. The zero-order valence-corrected chi connectivity index (χ0v) is 13.1. The molecule has 3 aromatic rings. The fourth-order valence-corrected chi connectivity index (χ4v) is 2.48. The van der Waals surface area contributed by atoms with Crippen LogP contribution < -0.4 is 5.32 Å². The van der Waals surface area contributed by atoms with Crippen molar-refractivity contribution in [3.8, 4) is 6.07 Å². The molecule has 5 nitrogen and oxygen atoms in total. The van der Waals surface area contributed by atoms with E-state index in [4.69, 9.17) is 4.74 Å². The summed E-state index contributed by atoms with van der Waals surface area (Å²) in [5.74, 6) is 0.187. The predicted molar refractivity (Wildman–Crippen MR) is 92.1 cm³/mol. The molecule has 0 radical (unpaired) electrons. The van der Waals surface area contributed by atoms with Crippen LogP contribution in [0.4, 0.5) is 11.5 Å². The lowest BCUT2D eigenvalue weighted by atomic mass is 10.1. The Kier molecular flexibility index (Phi) is 4.39. The Morgan fingerprint density at radius 2 is 1.88 bits per heavy atom. The van der Waals surface area contributed by atoms with E-state index >= 15 is 0 Å². The van der Waals surface area contributed by atoms with Gasteiger partial charge in [0.25, 0.3) is 0 Å². The number of nitriles is 1. The van der Waals surface area contributed by atoms with E-state index in [0.29, 0.717) is 29.2 Å². The van der Waals surface area contributed by atoms with Crippen molar-refractivity contribution in [1.82, 2.24) is 4.98 Å². The highest BCUT2D eigenvalue weighted by molar-refractivity contribution is 6.07. The second-order valence-electron chi connectivity index (χ2n) is 5.07. The molecule has 3 rings (SSSR count). The van der Waals surface area contributed by atoms with Crippen LogP contribution in [-0.2, 0) is 4.74 Å². The molecular formula is C19H15N3O2. The lowest BCUT2D eigenvalue weighted by molar-refractivity contribution is 0.0528. The molecule has 0 aliphatic heterocycles. The van der Waals surface area contributed by atoms with Gasteiger partial charge in [0.2, 0.25) is 0 Å². The largest absolute Gasteiger partial charge is 0.462 e. The lowest BCUT2D eigenvalue weighted by Gasteiger charge is -2.12. The van der Waals surface area contributed by atoms with Crippen LogP contribution in [0.1, 0.15) is 22.8 Å². The number of hydrogen-bond donors (Lipinski definition) is 1. The molecule has 24 heavy (non-hydrogen) atoms. The number of carbonyl (C=O) groups is 1. The molecule has 0 spiro atoms. The molecule has 0 aliphatic rings. The van der Waals surface area contributed by atoms with Gasteiger partial charge in [-0.3, -0.25) is 0 Å². The number of rotatable bonds is 4. The maximum Gasteiger partial charge on any atom is 0.340 e. The van der Waals surface area contributed by atoms with Crippen molar-refractivity contribution in [3.63, 3.8) is 0 Å². The van der Waals surface area contributed by atoms with E-state index in [1.54, 1.807) is 19.1 Å². The molecule has 118 valence electrons. The Balaban J connectivity index is 2.09. The number of anilines is 2. The van der Waals surface area contributed by atoms with Gasteiger partial charge in [-0.25, -0.2) is 9.78 Å². The Bertz CT molecular complexity index is 945. The summed E-state index contributed by atoms with van der Waals surface area (Å²) in [6.07, 6.45) is 1.50. The topological polar surface area (TPSA) is 75.0 Å². The summed E-state index contributed by atoms with van der Waals surface area (Å²) in [5, 5.41) is 13.9. The van der Waals surface area contributed by atoms with Gasteiger partial charge in [0.1, 0.15) is 11.9 Å². The molecule has 1 heterocycles. The SMILES string of the molecule is CCOC(=O)c1cnc(Nc2ccccc2C#N)c2ccccc12. The number of fused-ring (bicyclic) bond motifs is 1. The Morgan fingerprint density at radius 1 is 1.17 bits per heavy atom. The predicted octanol–water partition coefficient (Wildman–Crippen LogP) is 4.03. The Hall–Kier alpha value is -3.39. The summed E-state index contributed by atoms with van der Waals surface area (Å²) in [5.41, 5.74) is 1.62. The summed E-state index contributed by atoms with van der Waals surface area (Å²) in [4.78, 5) is 16.5. The molecule has 0 bridgehead atoms. The molecule has 0 fully saturated rings. The van der Waals surface area contributed by atoms with Crippen LogP contribution in [0.2, 0.25) is 0 Å². The van der Waals surface area contributed by atoms with Gasteiger partial charge in [-0.1, -0.05) is 36.4 Å². The maximum absolute atomic E-state index is 12.1. The smallest absolute Gasteiger partial charge is 0.340 e. The molecule has 0 unspecified atom stereocenters. The first-order chi connectivity index (χ1) is 11.7. The molecule has 0 saturated carbocycles. The van der Waals surface area contributed by atoms with Crippen LogP contribution in [0.15, 0.2) is 54.7 Å². The second kappa shape index (κ2) is 6.80. The first-order valence-corrected chi connectivity index (χ1v) is 7.55. The molecule has 1 aromatic heterocycles. The average Bonchev–Trinajstić information content (AvgIpc) is 2.62. The number of ether oxygens (including phenoxy) is 1. The maximum atomic E-state index is 12.1. The highest BCUT2D eigenvalue weighted by Gasteiger charge is 2.15. The van der Waals surface area contributed by atoms with E-state index in [2.05, 4.69) is 16.4 Å². The van der Waals surface area contributed by atoms with Crippen molar-refractivity contribution < 1.29 is 9.53 Å². The van der Waals surface area contributed by atoms with Crippen LogP contribution in [-0.4, -0.2) is 17.6 Å². The highest BCUT2D eigenvalue weighted by atomic mass is 16.5. The molecule has 0 atom stereocenters. The number of nitrogens with zero attached hydrogens (tertiary/aromatic N) is 2. The van der Waals surface area contributed by atoms with Gasteiger partial charge < -0.3 is 10.1 Å². The Morgan fingerprint density at radius 3 is 2.62 bits per heavy atom. The molecule has 1 N–H and O–H groups in total. The summed E-state index contributed by atoms with van der Waals surface area (Å²) in [6, 6.07) is 16.8. The number of benzene rings is 2. The second-order valence-corrected chi connectivity index (χ2v) is 5.07. The van der Waals surface area contributed by atoms with Crippen LogP contribution >= 0.6 is 0 Å². The number of pyridine rings is 1. The summed E-state index contributed by atoms with van der Waals surface area (Å²) >= 11 is 0. The monoisotopic (exact) mass is 317 g/mol. The fraction of sp³-hybridized carbons (Fsp3) is 0.105. The number of carbonyl (C=O) groups excluding carboxylic acids is 1. The van der Waals surface area contributed by atoms with Crippen molar-refractivity contribution >= 4 is 28.2 Å². The number of para-hydroxylation sites is 1. The minimum atomic E-state index is -0.398. The quantitative estimate of drug-likeness (QED) is 0.735. The van der Waals surface area contributed by atoms with Gasteiger partial charge in [-0.05, 0) is 19.1 Å². The van der Waals surface area contributed by atoms with Crippen LogP contribution in [0.25, 0.3) is 10.8 Å². The van der Waals surface area contributed by atoms with Crippen molar-refractivity contribution in [2.75, 3.05) is 11.9 Å². The number of hydrogen-bond acceptors (Lipinski definition) is 5. The van der Waals surface area contributed by atoms with Crippen molar-refractivity contribution in [3.05, 3.63) is 65.9 Å². The molecule has 0 amide bonds. The van der Waals surface area contributed by atoms with E-state index < -0.39 is 5.97 Å². The van der Waals surface area contributed by atoms with Gasteiger partial charge in [0, 0.05) is 17.0 Å². The minimum Gasteiger partial charge on any atom is -0.462 e. The van der Waals surface area contributed by atoms with Crippen molar-refractivity contribution in [2.45, 2.75) is 6.92 Å². The average molecular weight is 317 g/mol. The number of aromatic nitrogens is 1. The standard InChI is InChI=1S/C19H15N3O2/c1-2-24-19(23)16-12-21-18(15-9-5-4-8-14(15)16)22-17-10-6-3-7-13(17)11-20/h3-10,12H,2H2,1H3,(H,21,22). The van der Waals surface area contributed by atoms with Crippen LogP contribution in [0.5, 0.6) is 0 Å². The van der Waals surface area contributed by atoms with E-state index in [0.717, 1.165) is 10.8 Å². The summed E-state index contributed by atoms with van der Waals surface area (Å²) in [6.45, 7) is 2.07. The molecule has 0 saturated heterocycles. The fourth-order valence-electron chi connectivity index (χ4n) is 2.48. The molecule has 0 aliphatic carbocycles. The third kappa shape index (κ3) is 2.90. The molecular weight excluding hydrogens is 302 g/mol. The Labute approximate surface area is 139 Å². The summed E-state index contributed by atoms with van der Waals surface area (Å²) in [7, 11) is 0. The van der Waals surface area contributed by atoms with E-state index in [9.17, 15) is 10.1 Å². The molecule has 5 heteroatoms. The van der Waals surface area contributed by atoms with E-state index in [1.807, 2.05) is 36.4 Å². The van der Waals surface area contributed by atoms with Gasteiger partial charge in [-0.2, -0.15) is 5.26 Å². The third-order valence-electron chi connectivity index (χ3n) is 3.59. The zero-order chi connectivity index (χ0) is 16.9. The molecule has 2 aromatic carbocycles. The van der Waals surface area contributed by atoms with Crippen LogP contribution in [0.3, 0.4) is 0 Å². The zero-order valence-electron chi connectivity index (χ0n) is 13.1.